The predicted molar refractivity (Wildman–Crippen MR) is 165 cm³/mol. The average Bonchev–Trinajstić information content (AvgIpc) is 3.92. The van der Waals surface area contributed by atoms with Crippen molar-refractivity contribution >= 4 is 35.6 Å². The first-order chi connectivity index (χ1) is 23.6. The number of Topliss-reactive ketones (excluding diaryl/α,β-unsaturated/α-hetero) is 1. The van der Waals surface area contributed by atoms with Gasteiger partial charge < -0.3 is 43.4 Å². The highest BCUT2D eigenvalue weighted by Crippen LogP contribution is 2.81. The van der Waals surface area contributed by atoms with Crippen molar-refractivity contribution in [3.05, 3.63) is 0 Å². The first kappa shape index (κ1) is 34.9. The maximum absolute atomic E-state index is 14.9. The van der Waals surface area contributed by atoms with Gasteiger partial charge in [0.15, 0.2) is 17.5 Å². The molecule has 20 atom stereocenters. The molecule has 8 aliphatic rings. The van der Waals surface area contributed by atoms with Crippen LogP contribution in [0.15, 0.2) is 0 Å². The van der Waals surface area contributed by atoms with Gasteiger partial charge in [-0.1, -0.05) is 20.8 Å². The minimum absolute atomic E-state index is 0.209. The number of carbonyl (C=O) groups excluding carboxylic acids is 6. The van der Waals surface area contributed by atoms with Gasteiger partial charge in [0.25, 0.3) is 0 Å². The number of hydrogen-bond donors (Lipinski definition) is 2. The van der Waals surface area contributed by atoms with Crippen molar-refractivity contribution in [2.24, 2.45) is 57.7 Å². The van der Waals surface area contributed by atoms with Crippen molar-refractivity contribution < 1.29 is 72.1 Å². The monoisotopic (exact) mass is 718 g/mol. The van der Waals surface area contributed by atoms with Crippen molar-refractivity contribution in [3.63, 3.8) is 0 Å². The van der Waals surface area contributed by atoms with Crippen LogP contribution in [-0.4, -0.2) is 106 Å². The summed E-state index contributed by atoms with van der Waals surface area (Å²) >= 11 is 0. The van der Waals surface area contributed by atoms with Crippen molar-refractivity contribution in [2.75, 3.05) is 0 Å². The Morgan fingerprint density at radius 1 is 0.784 bits per heavy atom. The molecule has 280 valence electrons. The molecule has 0 aromatic carbocycles. The Labute approximate surface area is 294 Å². The van der Waals surface area contributed by atoms with Gasteiger partial charge in [0, 0.05) is 68.1 Å². The minimum atomic E-state index is -2.15. The van der Waals surface area contributed by atoms with Crippen LogP contribution >= 0.6 is 0 Å². The van der Waals surface area contributed by atoms with Crippen molar-refractivity contribution in [3.8, 4) is 0 Å². The van der Waals surface area contributed by atoms with Crippen LogP contribution in [0.25, 0.3) is 0 Å². The summed E-state index contributed by atoms with van der Waals surface area (Å²) in [4.78, 5) is 80.1. The average molecular weight is 719 g/mol. The molecule has 1 spiro atoms. The number of ketones is 1. The van der Waals surface area contributed by atoms with E-state index in [0.29, 0.717) is 0 Å². The van der Waals surface area contributed by atoms with Gasteiger partial charge in [-0.2, -0.15) is 0 Å². The first-order valence-electron chi connectivity index (χ1n) is 17.8. The molecule has 0 bridgehead atoms. The molecule has 5 aliphatic carbocycles. The van der Waals surface area contributed by atoms with E-state index in [0.717, 1.165) is 0 Å². The molecule has 8 fully saturated rings. The molecular formula is C36H46O15. The highest BCUT2D eigenvalue weighted by molar-refractivity contribution is 5.90. The zero-order chi connectivity index (χ0) is 37.3. The molecule has 51 heavy (non-hydrogen) atoms. The summed E-state index contributed by atoms with van der Waals surface area (Å²) in [7, 11) is 0. The van der Waals surface area contributed by atoms with Crippen LogP contribution in [0.2, 0.25) is 0 Å². The van der Waals surface area contributed by atoms with Gasteiger partial charge in [-0.25, -0.2) is 4.79 Å². The fourth-order valence-corrected chi connectivity index (χ4v) is 13.1. The molecule has 3 aliphatic heterocycles. The van der Waals surface area contributed by atoms with Crippen molar-refractivity contribution in [2.45, 2.75) is 129 Å². The second-order valence-electron chi connectivity index (χ2n) is 17.1. The Morgan fingerprint density at radius 2 is 1.35 bits per heavy atom. The number of rotatable bonds is 4. The van der Waals surface area contributed by atoms with Gasteiger partial charge in [-0.05, 0) is 32.1 Å². The number of aliphatic hydroxyl groups is 2. The number of fused-ring (bicyclic) bond motifs is 9. The van der Waals surface area contributed by atoms with Gasteiger partial charge in [0.2, 0.25) is 5.79 Å². The lowest BCUT2D eigenvalue weighted by Gasteiger charge is -2.65. The van der Waals surface area contributed by atoms with Crippen molar-refractivity contribution in [1.82, 2.24) is 0 Å². The number of ether oxygens (including phenoxy) is 7. The zero-order valence-electron chi connectivity index (χ0n) is 30.1. The number of esters is 5. The lowest BCUT2D eigenvalue weighted by molar-refractivity contribution is -0.271. The van der Waals surface area contributed by atoms with E-state index in [9.17, 15) is 39.0 Å². The molecule has 8 rings (SSSR count). The third-order valence-corrected chi connectivity index (χ3v) is 15.0. The molecule has 15 nitrogen and oxygen atoms in total. The molecule has 0 aromatic heterocycles. The van der Waals surface area contributed by atoms with E-state index in [1.807, 2.05) is 6.92 Å². The van der Waals surface area contributed by atoms with Crippen LogP contribution in [0.5, 0.6) is 0 Å². The maximum Gasteiger partial charge on any atom is 0.341 e. The van der Waals surface area contributed by atoms with Crippen LogP contribution < -0.4 is 0 Å². The number of hydrogen-bond acceptors (Lipinski definition) is 15. The minimum Gasteiger partial charge on any atom is -0.462 e. The van der Waals surface area contributed by atoms with E-state index in [2.05, 4.69) is 0 Å². The standard InChI is InChI=1S/C36H46O15/c1-11-19-22(34(8)35(9,44)31(43)51-36(34)29(11)50-36)26(46-13(3)38)20-18-21(27(47-14(4)39)28(42)33(19,20)7)32(6)16(23(41)25(18)45-12(2)37)10-17-24(49-17)30(32)48-15(5)40/h11,16-22,24-30,42,44H,10H2,1-9H3/t11-,16+,17-,18-,19-,20+,21+,22-,24-,25+,26+,27-,28-,29+,30-,32-,33+,34-,35+,36-/m0/s1. The summed E-state index contributed by atoms with van der Waals surface area (Å²) in [5.41, 5.74) is -6.42. The van der Waals surface area contributed by atoms with E-state index in [1.54, 1.807) is 20.8 Å². The topological polar surface area (TPSA) is 214 Å². The van der Waals surface area contributed by atoms with Crippen LogP contribution in [0.3, 0.4) is 0 Å². The second-order valence-corrected chi connectivity index (χ2v) is 17.1. The second kappa shape index (κ2) is 10.3. The number of epoxide rings is 2. The molecule has 3 heterocycles. The molecule has 2 N–H and O–H groups in total. The van der Waals surface area contributed by atoms with Crippen LogP contribution in [0.4, 0.5) is 0 Å². The summed E-state index contributed by atoms with van der Waals surface area (Å²) in [6.07, 6.45) is -8.01. The van der Waals surface area contributed by atoms with Crippen LogP contribution in [-0.2, 0) is 61.9 Å². The largest absolute Gasteiger partial charge is 0.462 e. The molecular weight excluding hydrogens is 672 g/mol. The first-order valence-corrected chi connectivity index (χ1v) is 17.8. The zero-order valence-corrected chi connectivity index (χ0v) is 30.1. The Balaban J connectivity index is 1.41. The lowest BCUT2D eigenvalue weighted by atomic mass is 9.41. The van der Waals surface area contributed by atoms with Crippen LogP contribution in [0.1, 0.15) is 68.7 Å². The van der Waals surface area contributed by atoms with E-state index in [-0.39, 0.29) is 6.42 Å². The van der Waals surface area contributed by atoms with Crippen LogP contribution in [0, 0.1) is 57.7 Å². The third kappa shape index (κ3) is 3.93. The number of carbonyl (C=O) groups is 6. The molecule has 3 saturated heterocycles. The summed E-state index contributed by atoms with van der Waals surface area (Å²) in [6.45, 7) is 13.2. The fourth-order valence-electron chi connectivity index (χ4n) is 13.1. The van der Waals surface area contributed by atoms with Gasteiger partial charge in [-0.3, -0.25) is 24.0 Å². The SMILES string of the molecule is CC(=O)O[C@@H]1[C@H]2[C@H]3[C@H]([C@H](OC(C)=O)[C@H](O)[C@]2(C)[C@H]2[C@H](C)[C@H]4O[C@]45OC(=O)[C@@](C)(O)[C@]5(C)[C@H]12)[C@]1(C)[C@H](C[C@@H]2O[C@@H]2[C@@H]1OC(C)=O)C(=O)[C@@H]3OC(C)=O. The smallest absolute Gasteiger partial charge is 0.341 e. The van der Waals surface area contributed by atoms with E-state index in [1.165, 1.54) is 34.6 Å². The van der Waals surface area contributed by atoms with Crippen molar-refractivity contribution in [1.29, 1.82) is 0 Å². The maximum atomic E-state index is 14.9. The van der Waals surface area contributed by atoms with Gasteiger partial charge in [0.05, 0.1) is 17.6 Å². The number of aliphatic hydroxyl groups excluding tert-OH is 1. The summed E-state index contributed by atoms with van der Waals surface area (Å²) in [6, 6.07) is 0. The Hall–Kier alpha value is -3.14. The Bertz CT molecular complexity index is 1660. The van der Waals surface area contributed by atoms with E-state index < -0.39 is 154 Å². The summed E-state index contributed by atoms with van der Waals surface area (Å²) in [5, 5.41) is 25.0. The quantitative estimate of drug-likeness (QED) is 0.232. The molecule has 0 unspecified atom stereocenters. The Morgan fingerprint density at radius 3 is 1.94 bits per heavy atom. The van der Waals surface area contributed by atoms with E-state index in [4.69, 9.17) is 33.2 Å². The van der Waals surface area contributed by atoms with Gasteiger partial charge >= 0.3 is 29.8 Å². The highest BCUT2D eigenvalue weighted by atomic mass is 16.8. The normalized spacial score (nSPS) is 56.6. The Kier molecular flexibility index (Phi) is 7.05. The summed E-state index contributed by atoms with van der Waals surface area (Å²) < 4.78 is 42.3. The molecule has 15 heteroatoms. The fraction of sp³-hybridized carbons (Fsp3) is 0.833. The third-order valence-electron chi connectivity index (χ3n) is 15.0. The molecule has 0 radical (unpaired) electrons. The molecule has 5 saturated carbocycles. The molecule has 0 aromatic rings. The van der Waals surface area contributed by atoms with E-state index >= 15 is 0 Å². The highest BCUT2D eigenvalue weighted by Gasteiger charge is 2.93. The lowest BCUT2D eigenvalue weighted by Crippen LogP contribution is -2.74. The summed E-state index contributed by atoms with van der Waals surface area (Å²) in [5.74, 6) is -11.9. The van der Waals surface area contributed by atoms with Gasteiger partial charge in [0.1, 0.15) is 30.5 Å². The molecule has 0 amide bonds. The van der Waals surface area contributed by atoms with Gasteiger partial charge in [-0.15, -0.1) is 0 Å². The predicted octanol–water partition coefficient (Wildman–Crippen LogP) is 0.624.